The van der Waals surface area contributed by atoms with Gasteiger partial charge in [0.1, 0.15) is 0 Å². The van der Waals surface area contributed by atoms with Gasteiger partial charge in [0.05, 0.1) is 5.84 Å². The number of amidine groups is 1. The molecule has 3 heteroatoms. The first-order chi connectivity index (χ1) is 5.88. The number of nitrogens with two attached hydrogens (primary N) is 2. The molecule has 0 aromatic heterocycles. The molecule has 0 bridgehead atoms. The van der Waals surface area contributed by atoms with Gasteiger partial charge in [0.2, 0.25) is 0 Å². The van der Waals surface area contributed by atoms with Crippen molar-refractivity contribution in [3.63, 3.8) is 0 Å². The van der Waals surface area contributed by atoms with Gasteiger partial charge in [-0.1, -0.05) is 27.7 Å². The molecule has 13 heavy (non-hydrogen) atoms. The predicted octanol–water partition coefficient (Wildman–Crippen LogP) is 1.99. The molecule has 0 radical (unpaired) electrons. The molecule has 0 unspecified atom stereocenters. The highest BCUT2D eigenvalue weighted by Gasteiger charge is 2.12. The van der Waals surface area contributed by atoms with Crippen LogP contribution in [0.2, 0.25) is 0 Å². The molecular formula is C10H21N3. The van der Waals surface area contributed by atoms with E-state index in [0.29, 0.717) is 5.84 Å². The van der Waals surface area contributed by atoms with Crippen LogP contribution in [-0.2, 0) is 0 Å². The number of rotatable bonds is 3. The highest BCUT2D eigenvalue weighted by molar-refractivity contribution is 5.80. The van der Waals surface area contributed by atoms with Crippen molar-refractivity contribution in [3.8, 4) is 0 Å². The van der Waals surface area contributed by atoms with Crippen LogP contribution in [0.4, 0.5) is 0 Å². The van der Waals surface area contributed by atoms with E-state index in [0.717, 1.165) is 18.5 Å². The molecule has 0 fully saturated rings. The third kappa shape index (κ3) is 5.28. The molecule has 3 nitrogen and oxygen atoms in total. The first-order valence-electron chi connectivity index (χ1n) is 4.66. The fourth-order valence-corrected chi connectivity index (χ4v) is 0.667. The third-order valence-corrected chi connectivity index (χ3v) is 1.74. The number of allylic oxidation sites excluding steroid dienone is 1. The monoisotopic (exact) mass is 183 g/mol. The Balaban J connectivity index is 4.33. The zero-order valence-electron chi connectivity index (χ0n) is 9.09. The highest BCUT2D eigenvalue weighted by atomic mass is 14.8. The van der Waals surface area contributed by atoms with E-state index in [-0.39, 0.29) is 5.41 Å². The van der Waals surface area contributed by atoms with Crippen molar-refractivity contribution in [2.24, 2.45) is 21.9 Å². The van der Waals surface area contributed by atoms with Gasteiger partial charge in [-0.25, -0.2) is 4.99 Å². The van der Waals surface area contributed by atoms with E-state index in [1.165, 1.54) is 0 Å². The second-order valence-electron chi connectivity index (χ2n) is 4.20. The Morgan fingerprint density at radius 2 is 1.85 bits per heavy atom. The summed E-state index contributed by atoms with van der Waals surface area (Å²) in [6.45, 7) is 8.21. The minimum Gasteiger partial charge on any atom is -0.400 e. The van der Waals surface area contributed by atoms with E-state index in [2.05, 4.69) is 11.9 Å². The van der Waals surface area contributed by atoms with Gasteiger partial charge in [-0.15, -0.1) is 0 Å². The first kappa shape index (κ1) is 12.0. The zero-order valence-corrected chi connectivity index (χ0v) is 9.09. The Kier molecular flexibility index (Phi) is 4.52. The number of nitrogens with zero attached hydrogens (tertiary/aromatic N) is 1. The molecule has 0 saturated heterocycles. The van der Waals surface area contributed by atoms with Gasteiger partial charge in [0.15, 0.2) is 0 Å². The molecule has 0 amide bonds. The molecule has 0 aromatic carbocycles. The quantitative estimate of drug-likeness (QED) is 0.519. The van der Waals surface area contributed by atoms with Crippen molar-refractivity contribution in [2.75, 3.05) is 0 Å². The lowest BCUT2D eigenvalue weighted by Gasteiger charge is -2.17. The predicted molar refractivity (Wildman–Crippen MR) is 58.3 cm³/mol. The third-order valence-electron chi connectivity index (χ3n) is 1.74. The van der Waals surface area contributed by atoms with Gasteiger partial charge >= 0.3 is 0 Å². The van der Waals surface area contributed by atoms with Crippen LogP contribution < -0.4 is 11.5 Å². The highest BCUT2D eigenvalue weighted by Crippen LogP contribution is 2.20. The lowest BCUT2D eigenvalue weighted by molar-refractivity contribution is 0.496. The maximum absolute atomic E-state index is 5.79. The minimum atomic E-state index is -0.0318. The summed E-state index contributed by atoms with van der Waals surface area (Å²) < 4.78 is 0. The van der Waals surface area contributed by atoms with Crippen LogP contribution >= 0.6 is 0 Å². The molecule has 0 aromatic rings. The second kappa shape index (κ2) is 4.90. The topological polar surface area (TPSA) is 64.4 Å². The first-order valence-corrected chi connectivity index (χ1v) is 4.66. The summed E-state index contributed by atoms with van der Waals surface area (Å²) in [6, 6.07) is 0. The van der Waals surface area contributed by atoms with E-state index in [9.17, 15) is 0 Å². The SMILES string of the molecule is CCCC(N)=N/C=C(\N)C(C)(C)C. The van der Waals surface area contributed by atoms with Crippen LogP contribution in [0.3, 0.4) is 0 Å². The van der Waals surface area contributed by atoms with Gasteiger partial charge in [0.25, 0.3) is 0 Å². The average molecular weight is 183 g/mol. The van der Waals surface area contributed by atoms with Crippen molar-refractivity contribution in [1.82, 2.24) is 0 Å². The Bertz CT molecular complexity index is 209. The molecule has 0 aliphatic rings. The largest absolute Gasteiger partial charge is 0.400 e. The second-order valence-corrected chi connectivity index (χ2v) is 4.20. The molecule has 0 heterocycles. The van der Waals surface area contributed by atoms with Crippen molar-refractivity contribution in [3.05, 3.63) is 11.9 Å². The lowest BCUT2D eigenvalue weighted by atomic mass is 9.93. The summed E-state index contributed by atoms with van der Waals surface area (Å²) in [7, 11) is 0. The van der Waals surface area contributed by atoms with Crippen LogP contribution in [-0.4, -0.2) is 5.84 Å². The average Bonchev–Trinajstić information content (AvgIpc) is 1.99. The van der Waals surface area contributed by atoms with Gasteiger partial charge < -0.3 is 11.5 Å². The summed E-state index contributed by atoms with van der Waals surface area (Å²) in [4.78, 5) is 4.09. The number of aliphatic imine (C=N–C) groups is 1. The number of hydrogen-bond acceptors (Lipinski definition) is 2. The number of hydrogen-bond donors (Lipinski definition) is 2. The van der Waals surface area contributed by atoms with Crippen LogP contribution in [0, 0.1) is 5.41 Å². The maximum atomic E-state index is 5.79. The van der Waals surface area contributed by atoms with E-state index >= 15 is 0 Å². The Morgan fingerprint density at radius 1 is 1.31 bits per heavy atom. The van der Waals surface area contributed by atoms with Crippen molar-refractivity contribution in [2.45, 2.75) is 40.5 Å². The molecule has 0 saturated carbocycles. The van der Waals surface area contributed by atoms with E-state index in [1.54, 1.807) is 6.20 Å². The van der Waals surface area contributed by atoms with Crippen LogP contribution in [0.1, 0.15) is 40.5 Å². The molecule has 0 atom stereocenters. The van der Waals surface area contributed by atoms with Crippen molar-refractivity contribution < 1.29 is 0 Å². The van der Waals surface area contributed by atoms with Crippen LogP contribution in [0.25, 0.3) is 0 Å². The molecule has 0 spiro atoms. The van der Waals surface area contributed by atoms with Gasteiger partial charge in [-0.2, -0.15) is 0 Å². The Morgan fingerprint density at radius 3 is 2.23 bits per heavy atom. The summed E-state index contributed by atoms with van der Waals surface area (Å²) in [5, 5.41) is 0. The Labute approximate surface area is 80.9 Å². The molecule has 76 valence electrons. The van der Waals surface area contributed by atoms with Crippen LogP contribution in [0.15, 0.2) is 16.9 Å². The molecule has 0 rings (SSSR count). The molecule has 0 aliphatic heterocycles. The van der Waals surface area contributed by atoms with E-state index in [4.69, 9.17) is 11.5 Å². The fourth-order valence-electron chi connectivity index (χ4n) is 0.667. The van der Waals surface area contributed by atoms with Gasteiger partial charge in [0, 0.05) is 23.7 Å². The van der Waals surface area contributed by atoms with Crippen molar-refractivity contribution >= 4 is 5.84 Å². The van der Waals surface area contributed by atoms with E-state index in [1.807, 2.05) is 20.8 Å². The Hall–Kier alpha value is -0.990. The minimum absolute atomic E-state index is 0.0318. The van der Waals surface area contributed by atoms with Crippen molar-refractivity contribution in [1.29, 1.82) is 0 Å². The zero-order chi connectivity index (χ0) is 10.5. The van der Waals surface area contributed by atoms with Gasteiger partial charge in [-0.3, -0.25) is 0 Å². The summed E-state index contributed by atoms with van der Waals surface area (Å²) in [5.74, 6) is 0.648. The summed E-state index contributed by atoms with van der Waals surface area (Å²) in [5.41, 5.74) is 12.1. The molecular weight excluding hydrogens is 162 g/mol. The van der Waals surface area contributed by atoms with Crippen LogP contribution in [0.5, 0.6) is 0 Å². The summed E-state index contributed by atoms with van der Waals surface area (Å²) in [6.07, 6.45) is 3.50. The molecule has 4 N–H and O–H groups in total. The lowest BCUT2D eigenvalue weighted by Crippen LogP contribution is -2.17. The fraction of sp³-hybridized carbons (Fsp3) is 0.700. The normalized spacial score (nSPS) is 14.8. The maximum Gasteiger partial charge on any atom is 0.0989 e. The molecule has 0 aliphatic carbocycles. The van der Waals surface area contributed by atoms with E-state index < -0.39 is 0 Å². The standard InChI is InChI=1S/C10H21N3/c1-5-6-9(12)13-7-8(11)10(2,3)4/h7H,5-6,11H2,1-4H3,(H2,12,13)/b8-7-. The smallest absolute Gasteiger partial charge is 0.0989 e. The van der Waals surface area contributed by atoms with Gasteiger partial charge in [-0.05, 0) is 6.42 Å². The summed E-state index contributed by atoms with van der Waals surface area (Å²) >= 11 is 0.